The van der Waals surface area contributed by atoms with E-state index in [1.165, 1.54) is 0 Å². The Balaban J connectivity index is 3.15. The minimum Gasteiger partial charge on any atom is -0.244 e. The molecule has 1 saturated heterocycles. The molecule has 0 aromatic heterocycles. The Morgan fingerprint density at radius 2 is 1.38 bits per heavy atom. The third kappa shape index (κ3) is 1.50. The van der Waals surface area contributed by atoms with Crippen LogP contribution in [0, 0.1) is 0 Å². The number of hydrogen-bond acceptors (Lipinski definition) is 3. The predicted octanol–water partition coefficient (Wildman–Crippen LogP) is 2.55. The third-order valence-corrected chi connectivity index (χ3v) is 2.63. The third-order valence-electron chi connectivity index (χ3n) is 1.15. The normalized spacial score (nSPS) is 22.6. The second-order valence-corrected chi connectivity index (χ2v) is 4.58. The lowest BCUT2D eigenvalue weighted by Crippen LogP contribution is -2.60. The fraction of sp³-hybridized carbons (Fsp3) is 0. The number of quaternary nitrogens is 1. The lowest BCUT2D eigenvalue weighted by molar-refractivity contribution is -0.467. The Kier molecular flexibility index (Phi) is 2.75. The van der Waals surface area contributed by atoms with Crippen molar-refractivity contribution in [1.29, 1.82) is 0 Å². The molecule has 0 radical (unpaired) electrons. The molecule has 1 aliphatic rings. The van der Waals surface area contributed by atoms with Crippen molar-refractivity contribution in [3.63, 3.8) is 0 Å². The van der Waals surface area contributed by atoms with E-state index in [-0.39, 0.29) is 8.84 Å². The first-order chi connectivity index (χ1) is 5.80. The van der Waals surface area contributed by atoms with E-state index in [0.29, 0.717) is 0 Å². The van der Waals surface area contributed by atoms with Crippen LogP contribution in [0.2, 0.25) is 0 Å². The second kappa shape index (κ2) is 3.25. The number of hydrogen-bond donors (Lipinski definition) is 0. The van der Waals surface area contributed by atoms with Gasteiger partial charge in [0.25, 0.3) is 16.1 Å². The summed E-state index contributed by atoms with van der Waals surface area (Å²) in [6.45, 7) is 0. The highest BCUT2D eigenvalue weighted by molar-refractivity contribution is 9.05. The van der Waals surface area contributed by atoms with Gasteiger partial charge in [0.1, 0.15) is 0 Å². The van der Waals surface area contributed by atoms with Gasteiger partial charge in [-0.25, -0.2) is 14.4 Å². The standard InChI is InChI=1S/C3BrCl3N3O3/c4-10(7)2(12)8(5)1(11)9(6)3(10)13/q+1. The monoisotopic (exact) mass is 310 g/mol. The Morgan fingerprint density at radius 1 is 1.08 bits per heavy atom. The summed E-state index contributed by atoms with van der Waals surface area (Å²) in [7, 11) is 0. The maximum Gasteiger partial charge on any atom is 0.480 e. The van der Waals surface area contributed by atoms with Crippen molar-refractivity contribution >= 4 is 69.6 Å². The fourth-order valence-electron chi connectivity index (χ4n) is 0.543. The molecule has 1 heterocycles. The SMILES string of the molecule is O=C1N(Cl)C(=O)[N+](Cl)(Br)C(=O)N1Cl. The summed E-state index contributed by atoms with van der Waals surface area (Å²) >= 11 is 18.3. The van der Waals surface area contributed by atoms with Crippen LogP contribution < -0.4 is 0 Å². The number of carbonyl (C=O) groups excluding carboxylic acids is 3. The second-order valence-electron chi connectivity index (χ2n) is 1.92. The lowest BCUT2D eigenvalue weighted by Gasteiger charge is -2.26. The maximum absolute atomic E-state index is 11.1. The van der Waals surface area contributed by atoms with Gasteiger partial charge in [0.15, 0.2) is 11.8 Å². The zero-order valence-corrected chi connectivity index (χ0v) is 9.43. The lowest BCUT2D eigenvalue weighted by atomic mass is 10.7. The molecule has 0 atom stereocenters. The van der Waals surface area contributed by atoms with Crippen molar-refractivity contribution in [1.82, 2.24) is 8.84 Å². The summed E-state index contributed by atoms with van der Waals surface area (Å²) in [5, 5.41) is 0. The minimum atomic E-state index is -1.44. The summed E-state index contributed by atoms with van der Waals surface area (Å²) in [5.74, 6) is 0. The Hall–Kier alpha value is -0.0800. The van der Waals surface area contributed by atoms with Crippen molar-refractivity contribution in [2.45, 2.75) is 0 Å². The fourth-order valence-corrected chi connectivity index (χ4v) is 1.69. The van der Waals surface area contributed by atoms with Crippen LogP contribution in [-0.2, 0) is 0 Å². The van der Waals surface area contributed by atoms with E-state index >= 15 is 0 Å². The number of halogens is 4. The highest BCUT2D eigenvalue weighted by Crippen LogP contribution is 2.33. The Labute approximate surface area is 95.8 Å². The molecular formula is C3BrCl3N3O3+. The van der Waals surface area contributed by atoms with Gasteiger partial charge < -0.3 is 0 Å². The number of carbonyl (C=O) groups is 3. The number of imide groups is 3. The molecule has 0 unspecified atom stereocenters. The predicted molar refractivity (Wildman–Crippen MR) is 46.6 cm³/mol. The molecule has 10 heteroatoms. The maximum atomic E-state index is 11.1. The van der Waals surface area contributed by atoms with Crippen molar-refractivity contribution in [2.75, 3.05) is 0 Å². The molecule has 0 aromatic rings. The van der Waals surface area contributed by atoms with Crippen LogP contribution in [-0.4, -0.2) is 30.0 Å². The van der Waals surface area contributed by atoms with Crippen molar-refractivity contribution in [3.05, 3.63) is 0 Å². The van der Waals surface area contributed by atoms with Gasteiger partial charge in [0.05, 0.1) is 0 Å². The molecular weight excluding hydrogens is 312 g/mol. The molecule has 0 aliphatic carbocycles. The molecule has 6 nitrogen and oxygen atoms in total. The molecule has 72 valence electrons. The van der Waals surface area contributed by atoms with E-state index < -0.39 is 21.1 Å². The molecule has 13 heavy (non-hydrogen) atoms. The molecule has 0 bridgehead atoms. The van der Waals surface area contributed by atoms with E-state index in [9.17, 15) is 14.4 Å². The topological polar surface area (TPSA) is 57.7 Å². The highest BCUT2D eigenvalue weighted by Gasteiger charge is 2.59. The van der Waals surface area contributed by atoms with Gasteiger partial charge in [0.2, 0.25) is 0 Å². The van der Waals surface area contributed by atoms with Crippen molar-refractivity contribution in [2.24, 2.45) is 0 Å². The number of urea groups is 3. The number of rotatable bonds is 0. The molecule has 0 spiro atoms. The first-order valence-corrected chi connectivity index (χ1v) is 4.35. The van der Waals surface area contributed by atoms with Crippen LogP contribution in [0.1, 0.15) is 0 Å². The highest BCUT2D eigenvalue weighted by atomic mass is 79.9. The summed E-state index contributed by atoms with van der Waals surface area (Å²) < 4.78 is -1.25. The number of amides is 6. The number of nitrogens with zero attached hydrogens (tertiary/aromatic N) is 3. The minimum absolute atomic E-state index is 0.0934. The first-order valence-electron chi connectivity index (χ1n) is 2.63. The van der Waals surface area contributed by atoms with Gasteiger partial charge in [-0.15, -0.1) is 8.84 Å². The van der Waals surface area contributed by atoms with Crippen LogP contribution in [0.15, 0.2) is 0 Å². The molecule has 0 saturated carbocycles. The van der Waals surface area contributed by atoms with Crippen LogP contribution >= 0.6 is 51.5 Å². The van der Waals surface area contributed by atoms with E-state index in [0.717, 1.165) is 0 Å². The van der Waals surface area contributed by atoms with Crippen molar-refractivity contribution < 1.29 is 17.4 Å². The van der Waals surface area contributed by atoms with Crippen LogP contribution in [0.25, 0.3) is 0 Å². The molecule has 0 N–H and O–H groups in total. The summed E-state index contributed by atoms with van der Waals surface area (Å²) in [6.07, 6.45) is 0. The van der Waals surface area contributed by atoms with Gasteiger partial charge in [-0.2, -0.15) is 0 Å². The molecule has 1 fully saturated rings. The van der Waals surface area contributed by atoms with Gasteiger partial charge >= 0.3 is 18.1 Å². The average Bonchev–Trinajstić information content (AvgIpc) is 2.09. The van der Waals surface area contributed by atoms with Crippen LogP contribution in [0.5, 0.6) is 0 Å². The largest absolute Gasteiger partial charge is 0.480 e. The van der Waals surface area contributed by atoms with E-state index in [4.69, 9.17) is 35.3 Å². The van der Waals surface area contributed by atoms with Crippen LogP contribution in [0.3, 0.4) is 0 Å². The molecule has 1 rings (SSSR count). The zero-order valence-electron chi connectivity index (χ0n) is 5.58. The Bertz CT molecular complexity index is 281. The molecule has 0 aromatic carbocycles. The van der Waals surface area contributed by atoms with E-state index in [1.807, 2.05) is 0 Å². The zero-order chi connectivity index (χ0) is 10.4. The average molecular weight is 312 g/mol. The Morgan fingerprint density at radius 3 is 1.69 bits per heavy atom. The molecule has 1 aliphatic heterocycles. The van der Waals surface area contributed by atoms with Crippen molar-refractivity contribution in [3.8, 4) is 0 Å². The van der Waals surface area contributed by atoms with Gasteiger partial charge in [-0.3, -0.25) is 0 Å². The summed E-state index contributed by atoms with van der Waals surface area (Å²) in [6, 6.07) is -3.49. The van der Waals surface area contributed by atoms with Gasteiger partial charge in [-0.1, -0.05) is 0 Å². The summed E-state index contributed by atoms with van der Waals surface area (Å²) in [5.41, 5.74) is 0. The van der Waals surface area contributed by atoms with Gasteiger partial charge in [-0.05, 0) is 0 Å². The first kappa shape index (κ1) is 11.0. The van der Waals surface area contributed by atoms with Crippen LogP contribution in [0.4, 0.5) is 14.4 Å². The van der Waals surface area contributed by atoms with E-state index in [2.05, 4.69) is 16.1 Å². The smallest absolute Gasteiger partial charge is 0.244 e. The molecule has 6 amide bonds. The van der Waals surface area contributed by atoms with Gasteiger partial charge in [0, 0.05) is 26.6 Å². The van der Waals surface area contributed by atoms with E-state index in [1.54, 1.807) is 0 Å². The summed E-state index contributed by atoms with van der Waals surface area (Å²) in [4.78, 5) is 33.0. The quantitative estimate of drug-likeness (QED) is 0.646.